The van der Waals surface area contributed by atoms with Gasteiger partial charge in [-0.3, -0.25) is 0 Å². The molecule has 0 saturated carbocycles. The van der Waals surface area contributed by atoms with E-state index < -0.39 is 0 Å². The van der Waals surface area contributed by atoms with Gasteiger partial charge in [-0.1, -0.05) is 23.2 Å². The molecule has 1 aromatic carbocycles. The number of ether oxygens (including phenoxy) is 1. The molecule has 0 aliphatic heterocycles. The van der Waals surface area contributed by atoms with E-state index in [1.54, 1.807) is 12.1 Å². The Balaban J connectivity index is 2.09. The number of fused-ring (bicyclic) bond motifs is 1. The lowest BCUT2D eigenvalue weighted by molar-refractivity contribution is 0.145. The number of aryl methyl sites for hydroxylation is 1. The second-order valence-electron chi connectivity index (χ2n) is 3.77. The summed E-state index contributed by atoms with van der Waals surface area (Å²) in [4.78, 5) is 7.69. The predicted molar refractivity (Wildman–Crippen MR) is 70.9 cm³/mol. The normalized spacial score (nSPS) is 11.2. The number of H-pyrrole nitrogens is 1. The zero-order chi connectivity index (χ0) is 12.3. The SMILES string of the molecule is CCOCCCc1nc2cc(Cl)c(Cl)cc2[nH]1. The number of aromatic nitrogens is 2. The van der Waals surface area contributed by atoms with Crippen LogP contribution in [-0.2, 0) is 11.2 Å². The molecule has 92 valence electrons. The molecule has 1 heterocycles. The predicted octanol–water partition coefficient (Wildman–Crippen LogP) is 3.84. The molecular formula is C12H14Cl2N2O. The lowest BCUT2D eigenvalue weighted by atomic mass is 10.3. The van der Waals surface area contributed by atoms with Gasteiger partial charge in [0.1, 0.15) is 5.82 Å². The summed E-state index contributed by atoms with van der Waals surface area (Å²) >= 11 is 11.9. The fourth-order valence-corrected chi connectivity index (χ4v) is 1.98. The second kappa shape index (κ2) is 5.71. The van der Waals surface area contributed by atoms with Gasteiger partial charge >= 0.3 is 0 Å². The molecule has 1 N–H and O–H groups in total. The first-order valence-electron chi connectivity index (χ1n) is 5.62. The second-order valence-corrected chi connectivity index (χ2v) is 4.58. The summed E-state index contributed by atoms with van der Waals surface area (Å²) in [6.07, 6.45) is 1.82. The van der Waals surface area contributed by atoms with E-state index in [9.17, 15) is 0 Å². The first-order chi connectivity index (χ1) is 8.20. The third-order valence-electron chi connectivity index (χ3n) is 2.48. The lowest BCUT2D eigenvalue weighted by Gasteiger charge is -1.98. The first kappa shape index (κ1) is 12.7. The van der Waals surface area contributed by atoms with E-state index in [0.29, 0.717) is 10.0 Å². The maximum absolute atomic E-state index is 5.94. The zero-order valence-electron chi connectivity index (χ0n) is 9.59. The van der Waals surface area contributed by atoms with Crippen molar-refractivity contribution in [3.63, 3.8) is 0 Å². The average molecular weight is 273 g/mol. The van der Waals surface area contributed by atoms with E-state index in [0.717, 1.165) is 42.9 Å². The number of aromatic amines is 1. The van der Waals surface area contributed by atoms with Crippen LogP contribution in [0, 0.1) is 0 Å². The third kappa shape index (κ3) is 3.12. The van der Waals surface area contributed by atoms with Crippen molar-refractivity contribution in [2.24, 2.45) is 0 Å². The Morgan fingerprint density at radius 1 is 1.29 bits per heavy atom. The molecule has 0 radical (unpaired) electrons. The van der Waals surface area contributed by atoms with Gasteiger partial charge in [0.15, 0.2) is 0 Å². The topological polar surface area (TPSA) is 37.9 Å². The van der Waals surface area contributed by atoms with Gasteiger partial charge in [0, 0.05) is 19.6 Å². The van der Waals surface area contributed by atoms with Crippen LogP contribution >= 0.6 is 23.2 Å². The van der Waals surface area contributed by atoms with Gasteiger partial charge in [0.2, 0.25) is 0 Å². The number of hydrogen-bond donors (Lipinski definition) is 1. The molecule has 2 aromatic rings. The lowest BCUT2D eigenvalue weighted by Crippen LogP contribution is -1.96. The molecule has 0 amide bonds. The number of imidazole rings is 1. The first-order valence-corrected chi connectivity index (χ1v) is 6.37. The molecule has 5 heteroatoms. The highest BCUT2D eigenvalue weighted by atomic mass is 35.5. The highest BCUT2D eigenvalue weighted by molar-refractivity contribution is 6.42. The van der Waals surface area contributed by atoms with E-state index >= 15 is 0 Å². The quantitative estimate of drug-likeness (QED) is 0.840. The van der Waals surface area contributed by atoms with Crippen molar-refractivity contribution in [3.05, 3.63) is 28.0 Å². The van der Waals surface area contributed by atoms with E-state index in [1.165, 1.54) is 0 Å². The Labute approximate surface area is 110 Å². The monoisotopic (exact) mass is 272 g/mol. The van der Waals surface area contributed by atoms with Gasteiger partial charge in [-0.2, -0.15) is 0 Å². The zero-order valence-corrected chi connectivity index (χ0v) is 11.1. The van der Waals surface area contributed by atoms with Crippen LogP contribution in [0.1, 0.15) is 19.2 Å². The van der Waals surface area contributed by atoms with Crippen LogP contribution in [0.2, 0.25) is 10.0 Å². The van der Waals surface area contributed by atoms with Crippen molar-refractivity contribution in [3.8, 4) is 0 Å². The molecule has 0 saturated heterocycles. The Morgan fingerprint density at radius 2 is 2.06 bits per heavy atom. The summed E-state index contributed by atoms with van der Waals surface area (Å²) in [7, 11) is 0. The van der Waals surface area contributed by atoms with Gasteiger partial charge in [0.05, 0.1) is 21.1 Å². The van der Waals surface area contributed by atoms with Crippen LogP contribution in [0.15, 0.2) is 12.1 Å². The van der Waals surface area contributed by atoms with Gasteiger partial charge in [-0.05, 0) is 25.5 Å². The Bertz CT molecular complexity index is 471. The minimum atomic E-state index is 0.534. The van der Waals surface area contributed by atoms with Gasteiger partial charge in [-0.15, -0.1) is 0 Å². The number of rotatable bonds is 5. The van der Waals surface area contributed by atoms with Gasteiger partial charge in [-0.25, -0.2) is 4.98 Å². The number of halogens is 2. The number of hydrogen-bond acceptors (Lipinski definition) is 2. The molecule has 0 unspecified atom stereocenters. The van der Waals surface area contributed by atoms with Crippen molar-refractivity contribution >= 4 is 34.2 Å². The maximum Gasteiger partial charge on any atom is 0.107 e. The third-order valence-corrected chi connectivity index (χ3v) is 3.20. The summed E-state index contributed by atoms with van der Waals surface area (Å²) < 4.78 is 5.28. The van der Waals surface area contributed by atoms with Gasteiger partial charge < -0.3 is 9.72 Å². The molecular weight excluding hydrogens is 259 g/mol. The highest BCUT2D eigenvalue weighted by Gasteiger charge is 2.06. The molecule has 0 aliphatic carbocycles. The minimum Gasteiger partial charge on any atom is -0.382 e. The largest absolute Gasteiger partial charge is 0.382 e. The molecule has 1 aromatic heterocycles. The van der Waals surface area contributed by atoms with E-state index in [2.05, 4.69) is 9.97 Å². The smallest absolute Gasteiger partial charge is 0.107 e. The minimum absolute atomic E-state index is 0.534. The fraction of sp³-hybridized carbons (Fsp3) is 0.417. The Morgan fingerprint density at radius 3 is 2.82 bits per heavy atom. The molecule has 3 nitrogen and oxygen atoms in total. The van der Waals surface area contributed by atoms with Crippen molar-refractivity contribution in [1.29, 1.82) is 0 Å². The summed E-state index contributed by atoms with van der Waals surface area (Å²) in [5.41, 5.74) is 1.77. The summed E-state index contributed by atoms with van der Waals surface area (Å²) in [5, 5.41) is 1.08. The van der Waals surface area contributed by atoms with E-state index in [1.807, 2.05) is 6.92 Å². The Kier molecular flexibility index (Phi) is 4.26. The molecule has 0 aliphatic rings. The van der Waals surface area contributed by atoms with Crippen LogP contribution in [0.25, 0.3) is 11.0 Å². The van der Waals surface area contributed by atoms with E-state index in [4.69, 9.17) is 27.9 Å². The highest BCUT2D eigenvalue weighted by Crippen LogP contribution is 2.26. The fourth-order valence-electron chi connectivity index (χ4n) is 1.66. The van der Waals surface area contributed by atoms with Crippen LogP contribution in [-0.4, -0.2) is 23.2 Å². The molecule has 2 rings (SSSR count). The number of nitrogens with zero attached hydrogens (tertiary/aromatic N) is 1. The molecule has 0 spiro atoms. The molecule has 0 bridgehead atoms. The summed E-state index contributed by atoms with van der Waals surface area (Å²) in [6.45, 7) is 3.51. The van der Waals surface area contributed by atoms with Crippen molar-refractivity contribution in [1.82, 2.24) is 9.97 Å². The molecule has 0 atom stereocenters. The van der Waals surface area contributed by atoms with Crippen LogP contribution in [0.3, 0.4) is 0 Å². The van der Waals surface area contributed by atoms with Crippen molar-refractivity contribution in [2.45, 2.75) is 19.8 Å². The van der Waals surface area contributed by atoms with Gasteiger partial charge in [0.25, 0.3) is 0 Å². The van der Waals surface area contributed by atoms with Crippen LogP contribution in [0.5, 0.6) is 0 Å². The van der Waals surface area contributed by atoms with Crippen LogP contribution < -0.4 is 0 Å². The summed E-state index contributed by atoms with van der Waals surface area (Å²) in [6, 6.07) is 3.58. The Hall–Kier alpha value is -0.770. The van der Waals surface area contributed by atoms with E-state index in [-0.39, 0.29) is 0 Å². The van der Waals surface area contributed by atoms with Crippen molar-refractivity contribution in [2.75, 3.05) is 13.2 Å². The van der Waals surface area contributed by atoms with Crippen molar-refractivity contribution < 1.29 is 4.74 Å². The molecule has 0 fully saturated rings. The standard InChI is InChI=1S/C12H14Cl2N2O/c1-2-17-5-3-4-12-15-10-6-8(13)9(14)7-11(10)16-12/h6-7H,2-5H2,1H3,(H,15,16). The summed E-state index contributed by atoms with van der Waals surface area (Å²) in [5.74, 6) is 0.943. The number of nitrogens with one attached hydrogen (secondary N) is 1. The number of benzene rings is 1. The maximum atomic E-state index is 5.94. The molecule has 17 heavy (non-hydrogen) atoms. The average Bonchev–Trinajstić information content (AvgIpc) is 2.67. The van der Waals surface area contributed by atoms with Crippen LogP contribution in [0.4, 0.5) is 0 Å².